The van der Waals surface area contributed by atoms with Gasteiger partial charge in [-0.2, -0.15) is 13.7 Å². The molecule has 0 saturated heterocycles. The Hall–Kier alpha value is -8.15. The van der Waals surface area contributed by atoms with Crippen LogP contribution in [0.25, 0.3) is 56.3 Å². The summed E-state index contributed by atoms with van der Waals surface area (Å²) in [4.78, 5) is 0. The third-order valence-corrected chi connectivity index (χ3v) is 17.9. The Balaban J connectivity index is 0.000000198. The Bertz CT molecular complexity index is 4700. The second kappa shape index (κ2) is 29.2. The quantitative estimate of drug-likeness (QED) is 0.153. The molecule has 5 heteroatoms. The van der Waals surface area contributed by atoms with E-state index in [0.29, 0.717) is 33.5 Å². The highest BCUT2D eigenvalue weighted by Crippen LogP contribution is 2.29. The summed E-state index contributed by atoms with van der Waals surface area (Å²) in [5.74, 6) is 0. The van der Waals surface area contributed by atoms with Crippen LogP contribution in [0, 0.1) is 159 Å². The lowest BCUT2D eigenvalue weighted by atomic mass is 9.99. The zero-order valence-corrected chi connectivity index (χ0v) is 57.4. The molecule has 0 spiro atoms. The summed E-state index contributed by atoms with van der Waals surface area (Å²) in [6.45, 7) is 30.5. The van der Waals surface area contributed by atoms with E-state index in [0.717, 1.165) is 56.2 Å². The minimum Gasteiger partial charge on any atom is -0.201 e. The summed E-state index contributed by atoms with van der Waals surface area (Å²) >= 11 is 0. The van der Waals surface area contributed by atoms with Gasteiger partial charge in [0.2, 0.25) is 28.5 Å². The molecule has 0 unspecified atom stereocenters. The molecule has 0 amide bonds. The van der Waals surface area contributed by atoms with Crippen LogP contribution < -0.4 is 22.8 Å². The first-order valence-corrected chi connectivity index (χ1v) is 30.5. The molecule has 0 saturated carbocycles. The second-order valence-corrected chi connectivity index (χ2v) is 24.7. The minimum atomic E-state index is -2.16. The number of pyridine rings is 5. The van der Waals surface area contributed by atoms with Crippen LogP contribution in [-0.4, -0.2) is 0 Å². The van der Waals surface area contributed by atoms with Gasteiger partial charge in [-0.1, -0.05) is 82.9 Å². The molecule has 5 nitrogen and oxygen atoms in total. The Morgan fingerprint density at radius 2 is 0.614 bits per heavy atom. The van der Waals surface area contributed by atoms with Crippen LogP contribution in [0.15, 0.2) is 134 Å². The first kappa shape index (κ1) is 52.9. The van der Waals surface area contributed by atoms with E-state index in [1.54, 1.807) is 38.2 Å². The van der Waals surface area contributed by atoms with Gasteiger partial charge in [-0.15, -0.1) is 0 Å². The standard InChI is InChI=1S/3C17H22N.2C16H20N/c1-11-7-8-16(13(3)9-11)17-10-12(2)14(4)15(5)18(17)6;2*1-11-7-8-12(2)16(9-11)17-10-13(3)14(4)15(5)18(17)6;1-11-6-7-15(13(3)8-11)16-9-12(2)14(4)10-17(16)5;1-11-7-6-8-15(14(11)4)16-9-12(2)13(3)10-17(16)5/h3*7-10H,1-6H3;2*6-10H,1-5H3/q5*+1/i1D3,4D3;4D3;;;3D3. The van der Waals surface area contributed by atoms with Gasteiger partial charge >= 0.3 is 0 Å². The molecule has 0 fully saturated rings. The van der Waals surface area contributed by atoms with Crippen LogP contribution in [0.2, 0.25) is 0 Å². The predicted molar refractivity (Wildman–Crippen MR) is 374 cm³/mol. The first-order chi connectivity index (χ1) is 46.1. The first-order valence-electron chi connectivity index (χ1n) is 36.5. The van der Waals surface area contributed by atoms with Crippen LogP contribution in [0.1, 0.15) is 145 Å². The molecule has 10 rings (SSSR count). The normalized spacial score (nSPS) is 13.3. The van der Waals surface area contributed by atoms with E-state index in [1.807, 2.05) is 86.8 Å². The maximum absolute atomic E-state index is 7.72. The molecule has 0 bridgehead atoms. The zero-order valence-electron chi connectivity index (χ0n) is 69.4. The fraction of sp³-hybridized carbons (Fsp3) is 0.337. The fourth-order valence-electron chi connectivity index (χ4n) is 11.2. The highest BCUT2D eigenvalue weighted by Gasteiger charge is 2.22. The van der Waals surface area contributed by atoms with Crippen molar-refractivity contribution in [3.63, 3.8) is 0 Å². The average Bonchev–Trinajstić information content (AvgIpc) is 0.781. The average molecular weight is 1190 g/mol. The summed E-state index contributed by atoms with van der Waals surface area (Å²) < 4.78 is 102. The molecule has 0 atom stereocenters. The van der Waals surface area contributed by atoms with Crippen molar-refractivity contribution in [3.05, 3.63) is 262 Å². The van der Waals surface area contributed by atoms with Crippen LogP contribution in [0.5, 0.6) is 0 Å². The van der Waals surface area contributed by atoms with Gasteiger partial charge in [0.05, 0.1) is 0 Å². The summed E-state index contributed by atoms with van der Waals surface area (Å²) in [5.41, 5.74) is 34.5. The van der Waals surface area contributed by atoms with Gasteiger partial charge in [-0.3, -0.25) is 0 Å². The Morgan fingerprint density at radius 1 is 0.239 bits per heavy atom. The van der Waals surface area contributed by atoms with Crippen molar-refractivity contribution in [2.45, 2.75) is 159 Å². The van der Waals surface area contributed by atoms with Crippen LogP contribution >= 0.6 is 0 Å². The number of hydrogen-bond donors (Lipinski definition) is 0. The topological polar surface area (TPSA) is 19.4 Å². The predicted octanol–water partition coefficient (Wildman–Crippen LogP) is 18.0. The van der Waals surface area contributed by atoms with Gasteiger partial charge < -0.3 is 0 Å². The Labute approximate surface area is 549 Å². The van der Waals surface area contributed by atoms with E-state index < -0.39 is 27.4 Å². The Kier molecular flexibility index (Phi) is 17.6. The second-order valence-electron chi connectivity index (χ2n) is 24.7. The van der Waals surface area contributed by atoms with Crippen LogP contribution in [0.4, 0.5) is 0 Å². The van der Waals surface area contributed by atoms with E-state index in [2.05, 4.69) is 198 Å². The molecule has 0 aliphatic heterocycles. The molecule has 5 heterocycles. The summed E-state index contributed by atoms with van der Waals surface area (Å²) in [6, 6.07) is 41.3. The number of benzene rings is 5. The maximum atomic E-state index is 7.72. The molecule has 458 valence electrons. The van der Waals surface area contributed by atoms with Gasteiger partial charge in [0.1, 0.15) is 35.2 Å². The molecule has 0 N–H and O–H groups in total. The lowest BCUT2D eigenvalue weighted by Gasteiger charge is -2.10. The van der Waals surface area contributed by atoms with E-state index >= 15 is 0 Å². The Morgan fingerprint density at radius 3 is 1.08 bits per heavy atom. The van der Waals surface area contributed by atoms with Gasteiger partial charge in [-0.25, -0.2) is 9.13 Å². The van der Waals surface area contributed by atoms with Crippen molar-refractivity contribution >= 4 is 0 Å². The molecular formula is C83H106N5+5. The molecule has 88 heavy (non-hydrogen) atoms. The number of aryl methyl sites for hydroxylation is 18. The number of aromatic nitrogens is 5. The van der Waals surface area contributed by atoms with Crippen LogP contribution in [-0.2, 0) is 35.2 Å². The largest absolute Gasteiger partial charge is 0.213 e. The van der Waals surface area contributed by atoms with Gasteiger partial charge in [-0.05, 0) is 230 Å². The van der Waals surface area contributed by atoms with E-state index in [1.165, 1.54) is 95.0 Å². The van der Waals surface area contributed by atoms with Gasteiger partial charge in [0, 0.05) is 123 Å². The van der Waals surface area contributed by atoms with E-state index in [-0.39, 0.29) is 0 Å². The number of rotatable bonds is 5. The number of nitrogens with zero attached hydrogens (tertiary/aromatic N) is 5. The molecule has 0 aliphatic rings. The van der Waals surface area contributed by atoms with Crippen LogP contribution in [0.3, 0.4) is 0 Å². The fourth-order valence-corrected chi connectivity index (χ4v) is 11.2. The van der Waals surface area contributed by atoms with Crippen molar-refractivity contribution in [1.29, 1.82) is 0 Å². The summed E-state index contributed by atoms with van der Waals surface area (Å²) in [6.07, 6.45) is 3.92. The third kappa shape index (κ3) is 15.9. The van der Waals surface area contributed by atoms with E-state index in [9.17, 15) is 0 Å². The van der Waals surface area contributed by atoms with Crippen molar-refractivity contribution in [2.24, 2.45) is 35.2 Å². The van der Waals surface area contributed by atoms with Gasteiger partial charge in [0.25, 0.3) is 0 Å². The number of hydrogen-bond acceptors (Lipinski definition) is 0. The molecule has 0 aliphatic carbocycles. The molecule has 0 radical (unpaired) electrons. The van der Waals surface area contributed by atoms with Crippen molar-refractivity contribution < 1.29 is 39.3 Å². The lowest BCUT2D eigenvalue weighted by molar-refractivity contribution is -0.667. The zero-order chi connectivity index (χ0) is 75.5. The molecule has 10 aromatic rings. The lowest BCUT2D eigenvalue weighted by Crippen LogP contribution is -2.36. The smallest absolute Gasteiger partial charge is 0.201 e. The summed E-state index contributed by atoms with van der Waals surface area (Å²) in [7, 11) is 9.92. The SMILES string of the molecule is Cc1ccc(-c2cc(C)c(C)c[n+]2C)c(C)c1.Cc1ccc(C)c(-c2cc(C)c(C)c(C)[n+]2C)c1.[2H]C([2H])([2H])c1c(C)cc(-c2cc(C)ccc2C)[n+](C)c1C.[2H]C([2H])([2H])c1c[n+](C)c(-c2cccc(C)c2C)cc1C.[2H]C([2H])([2H])c1ccc(-c2cc(C)c(C([2H])([2H])[2H])c(C)[n+]2C)c(C)c1. The molecule has 5 aromatic heterocycles. The third-order valence-electron chi connectivity index (χ3n) is 17.9. The summed E-state index contributed by atoms with van der Waals surface area (Å²) in [5, 5.41) is 0. The van der Waals surface area contributed by atoms with Crippen molar-refractivity contribution in [3.8, 4) is 56.3 Å². The highest BCUT2D eigenvalue weighted by molar-refractivity contribution is 5.67. The monoisotopic (exact) mass is 1180 g/mol. The molecule has 5 aromatic carbocycles. The van der Waals surface area contributed by atoms with Crippen molar-refractivity contribution in [1.82, 2.24) is 0 Å². The minimum absolute atomic E-state index is 0.305. The van der Waals surface area contributed by atoms with Gasteiger partial charge in [0.15, 0.2) is 29.5 Å². The maximum Gasteiger partial charge on any atom is 0.213 e. The van der Waals surface area contributed by atoms with E-state index in [4.69, 9.17) is 16.4 Å². The van der Waals surface area contributed by atoms with Crippen molar-refractivity contribution in [2.75, 3.05) is 0 Å². The highest BCUT2D eigenvalue weighted by atomic mass is 15.0. The molecular weight excluding hydrogens is 1070 g/mol.